The van der Waals surface area contributed by atoms with Crippen LogP contribution in [0.15, 0.2) is 0 Å². The Kier molecular flexibility index (Phi) is 4.77. The summed E-state index contributed by atoms with van der Waals surface area (Å²) in [6.45, 7) is 3.26. The smallest absolute Gasteiger partial charge is 0.375 e. The molecular formula is C14H24F3NO. The molecule has 2 rings (SSSR count). The van der Waals surface area contributed by atoms with E-state index >= 15 is 0 Å². The fraction of sp³-hybridized carbons (Fsp3) is 1.00. The van der Waals surface area contributed by atoms with Crippen molar-refractivity contribution < 1.29 is 17.9 Å². The molecule has 1 aliphatic heterocycles. The van der Waals surface area contributed by atoms with Crippen molar-refractivity contribution in [2.75, 3.05) is 13.2 Å². The van der Waals surface area contributed by atoms with E-state index in [1.807, 2.05) is 6.92 Å². The molecule has 5 heteroatoms. The summed E-state index contributed by atoms with van der Waals surface area (Å²) in [6.07, 6.45) is 0.807. The quantitative estimate of drug-likeness (QED) is 0.829. The van der Waals surface area contributed by atoms with Gasteiger partial charge in [-0.05, 0) is 51.0 Å². The second-order valence-corrected chi connectivity index (χ2v) is 6.02. The van der Waals surface area contributed by atoms with Crippen LogP contribution in [-0.4, -0.2) is 31.0 Å². The fourth-order valence-corrected chi connectivity index (χ4v) is 3.31. The molecule has 1 saturated carbocycles. The van der Waals surface area contributed by atoms with Crippen molar-refractivity contribution in [2.45, 2.75) is 69.7 Å². The van der Waals surface area contributed by atoms with Crippen LogP contribution >= 0.6 is 0 Å². The fourth-order valence-electron chi connectivity index (χ4n) is 3.31. The molecule has 0 aromatic heterocycles. The third-order valence-corrected chi connectivity index (χ3v) is 4.47. The molecule has 19 heavy (non-hydrogen) atoms. The van der Waals surface area contributed by atoms with E-state index in [1.165, 1.54) is 0 Å². The molecule has 1 aliphatic carbocycles. The lowest BCUT2D eigenvalue weighted by molar-refractivity contribution is -0.166. The van der Waals surface area contributed by atoms with Crippen LogP contribution in [0, 0.1) is 5.92 Å². The predicted molar refractivity (Wildman–Crippen MR) is 68.0 cm³/mol. The lowest BCUT2D eigenvalue weighted by Crippen LogP contribution is -2.51. The van der Waals surface area contributed by atoms with E-state index in [0.717, 1.165) is 38.5 Å². The minimum atomic E-state index is -4.09. The monoisotopic (exact) mass is 279 g/mol. The van der Waals surface area contributed by atoms with Crippen molar-refractivity contribution in [3.63, 3.8) is 0 Å². The van der Waals surface area contributed by atoms with Crippen LogP contribution < -0.4 is 5.32 Å². The van der Waals surface area contributed by atoms with Gasteiger partial charge in [0, 0.05) is 12.6 Å². The van der Waals surface area contributed by atoms with Gasteiger partial charge in [0.2, 0.25) is 0 Å². The van der Waals surface area contributed by atoms with Crippen molar-refractivity contribution in [2.24, 2.45) is 5.92 Å². The highest BCUT2D eigenvalue weighted by molar-refractivity contribution is 4.97. The first-order chi connectivity index (χ1) is 8.94. The number of hydrogen-bond acceptors (Lipinski definition) is 2. The molecule has 2 atom stereocenters. The molecule has 2 nitrogen and oxygen atoms in total. The van der Waals surface area contributed by atoms with Gasteiger partial charge in [0.1, 0.15) is 0 Å². The summed E-state index contributed by atoms with van der Waals surface area (Å²) < 4.78 is 43.9. The highest BCUT2D eigenvalue weighted by Crippen LogP contribution is 2.45. The number of hydrogen-bond donors (Lipinski definition) is 1. The zero-order valence-corrected chi connectivity index (χ0v) is 11.6. The average Bonchev–Trinajstić information content (AvgIpc) is 2.31. The third-order valence-electron chi connectivity index (χ3n) is 4.47. The molecule has 0 amide bonds. The van der Waals surface area contributed by atoms with Gasteiger partial charge in [0.25, 0.3) is 0 Å². The van der Waals surface area contributed by atoms with E-state index in [0.29, 0.717) is 13.2 Å². The van der Waals surface area contributed by atoms with Crippen molar-refractivity contribution in [1.82, 2.24) is 5.32 Å². The Morgan fingerprint density at radius 1 is 1.37 bits per heavy atom. The lowest BCUT2D eigenvalue weighted by atomic mass is 9.70. The van der Waals surface area contributed by atoms with Crippen LogP contribution in [0.4, 0.5) is 13.2 Å². The van der Waals surface area contributed by atoms with E-state index in [9.17, 15) is 13.2 Å². The maximum Gasteiger partial charge on any atom is 0.390 e. The molecule has 1 spiro atoms. The maximum absolute atomic E-state index is 12.7. The molecular weight excluding hydrogens is 255 g/mol. The highest BCUT2D eigenvalue weighted by atomic mass is 19.4. The zero-order chi connectivity index (χ0) is 13.9. The number of nitrogens with one attached hydrogen (secondary N) is 1. The number of halogens is 3. The van der Waals surface area contributed by atoms with Crippen LogP contribution in [0.5, 0.6) is 0 Å². The Bertz CT molecular complexity index is 289. The van der Waals surface area contributed by atoms with E-state index in [1.54, 1.807) is 0 Å². The molecule has 1 N–H and O–H groups in total. The zero-order valence-electron chi connectivity index (χ0n) is 11.6. The summed E-state index contributed by atoms with van der Waals surface area (Å²) in [6, 6.07) is -0.443. The van der Waals surface area contributed by atoms with E-state index in [-0.39, 0.29) is 11.5 Å². The van der Waals surface area contributed by atoms with Crippen LogP contribution in [0.2, 0.25) is 0 Å². The second kappa shape index (κ2) is 6.00. The minimum Gasteiger partial charge on any atom is -0.375 e. The molecule has 0 aromatic carbocycles. The summed E-state index contributed by atoms with van der Waals surface area (Å²) in [4.78, 5) is 0. The van der Waals surface area contributed by atoms with Crippen molar-refractivity contribution in [3.8, 4) is 0 Å². The summed E-state index contributed by atoms with van der Waals surface area (Å²) in [5, 5.41) is 3.11. The maximum atomic E-state index is 12.7. The summed E-state index contributed by atoms with van der Waals surface area (Å²) in [5.41, 5.74) is -0.0827. The molecule has 0 radical (unpaired) electrons. The first kappa shape index (κ1) is 15.1. The van der Waals surface area contributed by atoms with Crippen LogP contribution in [0.1, 0.15) is 51.9 Å². The standard InChI is InChI=1S/C14H24F3NO/c1-2-7-18-12(10-14(15,16)17)11-4-8-19-13(9-11)5-3-6-13/h11-12,18H,2-10H2,1H3. The van der Waals surface area contributed by atoms with Gasteiger partial charge in [-0.1, -0.05) is 6.92 Å². The van der Waals surface area contributed by atoms with Gasteiger partial charge in [-0.25, -0.2) is 0 Å². The molecule has 1 saturated heterocycles. The van der Waals surface area contributed by atoms with Gasteiger partial charge >= 0.3 is 6.18 Å². The Morgan fingerprint density at radius 2 is 2.11 bits per heavy atom. The normalized spacial score (nSPS) is 28.1. The minimum absolute atomic E-state index is 0.0827. The van der Waals surface area contributed by atoms with Gasteiger partial charge in [-0.3, -0.25) is 0 Å². The van der Waals surface area contributed by atoms with Crippen LogP contribution in [0.3, 0.4) is 0 Å². The summed E-state index contributed by atoms with van der Waals surface area (Å²) in [5.74, 6) is 0.0993. The molecule has 2 unspecified atom stereocenters. The Hall–Kier alpha value is -0.290. The van der Waals surface area contributed by atoms with E-state index in [2.05, 4.69) is 5.32 Å². The SMILES string of the molecule is CCCNC(CC(F)(F)F)C1CCOC2(CCC2)C1. The highest BCUT2D eigenvalue weighted by Gasteiger charge is 2.46. The molecule has 1 heterocycles. The third kappa shape index (κ3) is 4.09. The number of ether oxygens (including phenoxy) is 1. The molecule has 0 aromatic rings. The number of rotatable bonds is 5. The summed E-state index contributed by atoms with van der Waals surface area (Å²) in [7, 11) is 0. The lowest BCUT2D eigenvalue weighted by Gasteiger charge is -2.49. The van der Waals surface area contributed by atoms with Crippen LogP contribution in [0.25, 0.3) is 0 Å². The molecule has 112 valence electrons. The van der Waals surface area contributed by atoms with Gasteiger partial charge in [0.05, 0.1) is 12.0 Å². The molecule has 0 bridgehead atoms. The van der Waals surface area contributed by atoms with Gasteiger partial charge in [-0.15, -0.1) is 0 Å². The Morgan fingerprint density at radius 3 is 2.63 bits per heavy atom. The number of alkyl halides is 3. The van der Waals surface area contributed by atoms with Crippen LogP contribution in [-0.2, 0) is 4.74 Å². The molecule has 2 fully saturated rings. The van der Waals surface area contributed by atoms with Gasteiger partial charge < -0.3 is 10.1 Å². The molecule has 2 aliphatic rings. The van der Waals surface area contributed by atoms with Crippen molar-refractivity contribution in [3.05, 3.63) is 0 Å². The Labute approximate surface area is 113 Å². The van der Waals surface area contributed by atoms with Crippen molar-refractivity contribution in [1.29, 1.82) is 0 Å². The summed E-state index contributed by atoms with van der Waals surface area (Å²) >= 11 is 0. The van der Waals surface area contributed by atoms with E-state index in [4.69, 9.17) is 4.74 Å². The topological polar surface area (TPSA) is 21.3 Å². The van der Waals surface area contributed by atoms with Crippen molar-refractivity contribution >= 4 is 0 Å². The first-order valence-corrected chi connectivity index (χ1v) is 7.38. The second-order valence-electron chi connectivity index (χ2n) is 6.02. The first-order valence-electron chi connectivity index (χ1n) is 7.38. The predicted octanol–water partition coefficient (Wildman–Crippen LogP) is 3.66. The average molecular weight is 279 g/mol. The Balaban J connectivity index is 1.95. The largest absolute Gasteiger partial charge is 0.390 e. The van der Waals surface area contributed by atoms with E-state index < -0.39 is 18.6 Å². The van der Waals surface area contributed by atoms with Gasteiger partial charge in [0.15, 0.2) is 0 Å². The van der Waals surface area contributed by atoms with Gasteiger partial charge in [-0.2, -0.15) is 13.2 Å².